The minimum Gasteiger partial charge on any atom is -0.304 e. The van der Waals surface area contributed by atoms with Crippen LogP contribution in [-0.4, -0.2) is 9.97 Å². The molecule has 2 heterocycles. The van der Waals surface area contributed by atoms with Crippen LogP contribution in [0.3, 0.4) is 0 Å². The Kier molecular flexibility index (Phi) is 7.58. The minimum atomic E-state index is -2.10. The van der Waals surface area contributed by atoms with Crippen molar-refractivity contribution < 1.29 is 24.2 Å². The molecule has 0 unspecified atom stereocenters. The van der Waals surface area contributed by atoms with Crippen molar-refractivity contribution in [3.63, 3.8) is 0 Å². The predicted molar refractivity (Wildman–Crippen MR) is 137 cm³/mol. The largest absolute Gasteiger partial charge is 0.304 e. The number of nitrogens with zero attached hydrogens (tertiary/aromatic N) is 2. The summed E-state index contributed by atoms with van der Waals surface area (Å²) in [6.07, 6.45) is 3.36. The second-order valence-corrected chi connectivity index (χ2v) is 7.68. The van der Waals surface area contributed by atoms with E-state index in [0.29, 0.717) is 5.56 Å². The van der Waals surface area contributed by atoms with Crippen LogP contribution < -0.4 is 0 Å². The third-order valence-electron chi connectivity index (χ3n) is 5.30. The van der Waals surface area contributed by atoms with Gasteiger partial charge in [-0.1, -0.05) is 48.0 Å². The fourth-order valence-electron chi connectivity index (χ4n) is 3.42. The molecule has 5 rings (SSSR count). The van der Waals surface area contributed by atoms with E-state index in [4.69, 9.17) is 4.11 Å². The molecule has 0 amide bonds. The van der Waals surface area contributed by atoms with Gasteiger partial charge in [0.2, 0.25) is 0 Å². The fraction of sp³-hybridized carbons (Fsp3) is 0.0968. The van der Waals surface area contributed by atoms with E-state index in [1.165, 1.54) is 17.3 Å². The molecule has 3 aromatic carbocycles. The Hall–Kier alpha value is -3.39. The average molecular weight is 622 g/mol. The Bertz CT molecular complexity index is 1420. The third-order valence-corrected chi connectivity index (χ3v) is 5.30. The first-order chi connectivity index (χ1) is 17.3. The van der Waals surface area contributed by atoms with Crippen LogP contribution in [0.1, 0.15) is 20.8 Å². The first kappa shape index (κ1) is 21.2. The summed E-state index contributed by atoms with van der Waals surface area (Å²) in [5, 5.41) is 0. The van der Waals surface area contributed by atoms with Crippen LogP contribution in [-0.2, 0) is 20.1 Å². The van der Waals surface area contributed by atoms with E-state index in [1.54, 1.807) is 13.0 Å². The van der Waals surface area contributed by atoms with Crippen LogP contribution in [0.4, 0.5) is 0 Å². The van der Waals surface area contributed by atoms with Crippen molar-refractivity contribution >= 4 is 0 Å². The van der Waals surface area contributed by atoms with Crippen molar-refractivity contribution in [1.82, 2.24) is 9.97 Å². The van der Waals surface area contributed by atoms with Crippen LogP contribution >= 0.6 is 0 Å². The topological polar surface area (TPSA) is 25.8 Å². The molecule has 0 aliphatic rings. The summed E-state index contributed by atoms with van der Waals surface area (Å²) in [5.74, 6) is 0. The van der Waals surface area contributed by atoms with Gasteiger partial charge in [-0.15, -0.1) is 71.8 Å². The molecule has 3 heteroatoms. The fourth-order valence-corrected chi connectivity index (χ4v) is 3.42. The van der Waals surface area contributed by atoms with Gasteiger partial charge in [-0.25, -0.2) is 0 Å². The maximum absolute atomic E-state index is 7.37. The van der Waals surface area contributed by atoms with Crippen LogP contribution in [0.15, 0.2) is 103 Å². The van der Waals surface area contributed by atoms with E-state index in [2.05, 4.69) is 59.4 Å². The Morgan fingerprint density at radius 2 is 1.29 bits per heavy atom. The van der Waals surface area contributed by atoms with Crippen molar-refractivity contribution in [3.8, 4) is 33.6 Å². The van der Waals surface area contributed by atoms with Gasteiger partial charge in [-0.2, -0.15) is 0 Å². The van der Waals surface area contributed by atoms with Crippen molar-refractivity contribution in [2.45, 2.75) is 20.7 Å². The van der Waals surface area contributed by atoms with Gasteiger partial charge in [0, 0.05) is 36.6 Å². The van der Waals surface area contributed by atoms with E-state index in [1.807, 2.05) is 60.8 Å². The molecule has 0 spiro atoms. The molecular weight excluding hydrogens is 593 g/mol. The summed E-state index contributed by atoms with van der Waals surface area (Å²) in [5.41, 5.74) is 8.28. The molecular formula is C31H26IrN2-2. The minimum absolute atomic E-state index is 0. The summed E-state index contributed by atoms with van der Waals surface area (Å²) in [6.45, 7) is 1.81. The molecule has 0 bridgehead atoms. The Morgan fingerprint density at radius 3 is 1.85 bits per heavy atom. The van der Waals surface area contributed by atoms with E-state index in [0.717, 1.165) is 33.6 Å². The van der Waals surface area contributed by atoms with Crippen molar-refractivity contribution in [3.05, 3.63) is 132 Å². The second kappa shape index (κ2) is 12.2. The van der Waals surface area contributed by atoms with Gasteiger partial charge < -0.3 is 9.97 Å². The number of aryl methyl sites for hydroxylation is 3. The van der Waals surface area contributed by atoms with Gasteiger partial charge >= 0.3 is 0 Å². The molecule has 0 aliphatic carbocycles. The van der Waals surface area contributed by atoms with E-state index in [9.17, 15) is 0 Å². The molecule has 0 aliphatic heterocycles. The maximum Gasteiger partial charge on any atom is 0.0280 e. The molecule has 34 heavy (non-hydrogen) atoms. The summed E-state index contributed by atoms with van der Waals surface area (Å²) in [6, 6.07) is 36.0. The SMILES string of the molecule is Cc1ccccc1-c1ccc(-c2[c-]cccc2)nc1.[2H]C([2H])([2H])c1cnc(-c2[c-]cccc2)cc1C.[Ir]. The van der Waals surface area contributed by atoms with Gasteiger partial charge in [0.15, 0.2) is 0 Å². The standard InChI is InChI=1S/C18H14N.C13H12N.Ir/c1-14-7-5-6-10-17(14)16-11-12-18(19-13-16)15-8-3-2-4-9-15;1-10-8-13(14-9-11(10)2)12-6-4-3-5-7-12;/h2-8,10-13H,1H3;3-6,8-9H,1-2H3;/q2*-1;/i;2D3;. The van der Waals surface area contributed by atoms with Gasteiger partial charge in [0.25, 0.3) is 0 Å². The first-order valence-corrected chi connectivity index (χ1v) is 10.8. The molecule has 171 valence electrons. The number of pyridine rings is 2. The van der Waals surface area contributed by atoms with Crippen LogP contribution in [0.2, 0.25) is 0 Å². The summed E-state index contributed by atoms with van der Waals surface area (Å²) >= 11 is 0. The van der Waals surface area contributed by atoms with Crippen LogP contribution in [0, 0.1) is 32.8 Å². The number of hydrogen-bond acceptors (Lipinski definition) is 2. The van der Waals surface area contributed by atoms with E-state index in [-0.39, 0.29) is 20.1 Å². The molecule has 0 fully saturated rings. The molecule has 5 aromatic rings. The Labute approximate surface area is 220 Å². The molecule has 2 nitrogen and oxygen atoms in total. The van der Waals surface area contributed by atoms with Crippen LogP contribution in [0.25, 0.3) is 33.6 Å². The summed E-state index contributed by atoms with van der Waals surface area (Å²) < 4.78 is 22.1. The first-order valence-electron chi connectivity index (χ1n) is 12.3. The number of rotatable bonds is 3. The van der Waals surface area contributed by atoms with E-state index >= 15 is 0 Å². The predicted octanol–water partition coefficient (Wildman–Crippen LogP) is 7.69. The van der Waals surface area contributed by atoms with Crippen molar-refractivity contribution in [2.24, 2.45) is 0 Å². The summed E-state index contributed by atoms with van der Waals surface area (Å²) in [4.78, 5) is 8.72. The van der Waals surface area contributed by atoms with Gasteiger partial charge in [0.1, 0.15) is 0 Å². The quantitative estimate of drug-likeness (QED) is 0.193. The average Bonchev–Trinajstić information content (AvgIpc) is 2.90. The number of benzene rings is 3. The number of hydrogen-bond donors (Lipinski definition) is 0. The molecule has 0 N–H and O–H groups in total. The van der Waals surface area contributed by atoms with Crippen molar-refractivity contribution in [1.29, 1.82) is 0 Å². The van der Waals surface area contributed by atoms with Gasteiger partial charge in [-0.05, 0) is 54.3 Å². The monoisotopic (exact) mass is 622 g/mol. The summed E-state index contributed by atoms with van der Waals surface area (Å²) in [7, 11) is 0. The third kappa shape index (κ3) is 6.35. The number of aromatic nitrogens is 2. The van der Waals surface area contributed by atoms with E-state index < -0.39 is 6.85 Å². The second-order valence-electron chi connectivity index (χ2n) is 7.68. The van der Waals surface area contributed by atoms with Crippen molar-refractivity contribution in [2.75, 3.05) is 0 Å². The van der Waals surface area contributed by atoms with Crippen LogP contribution in [0.5, 0.6) is 0 Å². The normalized spacial score (nSPS) is 11.6. The Balaban J connectivity index is 0.000000201. The molecule has 0 atom stereocenters. The van der Waals surface area contributed by atoms with Gasteiger partial charge in [-0.3, -0.25) is 0 Å². The maximum atomic E-state index is 7.37. The molecule has 0 saturated heterocycles. The molecule has 2 aromatic heterocycles. The molecule has 0 saturated carbocycles. The zero-order valence-electron chi connectivity index (χ0n) is 22.0. The zero-order valence-corrected chi connectivity index (χ0v) is 21.4. The van der Waals surface area contributed by atoms with Gasteiger partial charge in [0.05, 0.1) is 0 Å². The molecule has 1 radical (unpaired) electrons. The smallest absolute Gasteiger partial charge is 0.0280 e. The Morgan fingerprint density at radius 1 is 0.647 bits per heavy atom. The zero-order chi connectivity index (χ0) is 25.5.